The lowest BCUT2D eigenvalue weighted by atomic mass is 10.1. The molecule has 0 amide bonds. The van der Waals surface area contributed by atoms with Crippen molar-refractivity contribution in [2.75, 3.05) is 41.0 Å². The Labute approximate surface area is 180 Å². The predicted octanol–water partition coefficient (Wildman–Crippen LogP) is 2.88. The van der Waals surface area contributed by atoms with Crippen molar-refractivity contribution in [1.82, 2.24) is 14.9 Å². The second-order valence-electron chi connectivity index (χ2n) is 7.05. The number of H-pyrrole nitrogens is 1. The highest BCUT2D eigenvalue weighted by atomic mass is 16.5. The molecule has 0 aliphatic carbocycles. The Morgan fingerprint density at radius 1 is 1.23 bits per heavy atom. The van der Waals surface area contributed by atoms with Crippen LogP contribution in [0.3, 0.4) is 0 Å². The zero-order valence-electron chi connectivity index (χ0n) is 17.8. The fraction of sp³-hybridized carbons (Fsp3) is 0.261. The monoisotopic (exact) mass is 423 g/mol. The van der Waals surface area contributed by atoms with Crippen molar-refractivity contribution in [2.24, 2.45) is 0 Å². The normalized spacial score (nSPS) is 10.8. The fourth-order valence-electron chi connectivity index (χ4n) is 2.91. The van der Waals surface area contributed by atoms with Crippen LogP contribution in [-0.4, -0.2) is 61.8 Å². The van der Waals surface area contributed by atoms with Crippen LogP contribution in [0, 0.1) is 0 Å². The van der Waals surface area contributed by atoms with Gasteiger partial charge in [0.1, 0.15) is 30.5 Å². The average molecular weight is 423 g/mol. The molecule has 8 heteroatoms. The first kappa shape index (κ1) is 22.0. The molecule has 1 N–H and O–H groups in total. The van der Waals surface area contributed by atoms with Gasteiger partial charge in [-0.25, -0.2) is 9.78 Å². The number of aromatic nitrogens is 2. The number of aromatic amines is 1. The van der Waals surface area contributed by atoms with E-state index in [2.05, 4.69) is 16.5 Å². The molecule has 3 rings (SSSR count). The van der Waals surface area contributed by atoms with Crippen LogP contribution in [0.1, 0.15) is 10.4 Å². The summed E-state index contributed by atoms with van der Waals surface area (Å²) in [6, 6.07) is 9.95. The lowest BCUT2D eigenvalue weighted by Crippen LogP contribution is -2.20. The maximum Gasteiger partial charge on any atom is 0.338 e. The number of fused-ring (bicyclic) bond motifs is 1. The minimum absolute atomic E-state index is 0.265. The molecule has 0 saturated heterocycles. The number of esters is 1. The largest absolute Gasteiger partial charge is 0.496 e. The quantitative estimate of drug-likeness (QED) is 0.418. The molecule has 0 bridgehead atoms. The van der Waals surface area contributed by atoms with E-state index in [0.29, 0.717) is 52.5 Å². The summed E-state index contributed by atoms with van der Waals surface area (Å²) in [7, 11) is 5.32. The van der Waals surface area contributed by atoms with E-state index in [1.54, 1.807) is 36.4 Å². The highest BCUT2D eigenvalue weighted by Crippen LogP contribution is 2.31. The van der Waals surface area contributed by atoms with Crippen molar-refractivity contribution >= 4 is 16.9 Å². The summed E-state index contributed by atoms with van der Waals surface area (Å²) in [6.45, 7) is 4.86. The van der Waals surface area contributed by atoms with Crippen LogP contribution >= 0.6 is 0 Å². The Bertz CT molecular complexity index is 1150. The van der Waals surface area contributed by atoms with Crippen LogP contribution in [0.2, 0.25) is 0 Å². The van der Waals surface area contributed by atoms with E-state index in [1.807, 2.05) is 19.0 Å². The summed E-state index contributed by atoms with van der Waals surface area (Å²) in [5.74, 6) is 0.976. The standard InChI is InChI=1S/C23H25N3O5/c1-5-11-30-16-7-9-20(29-4)18(14-16)21-24-19-8-6-15(13-17(19)22(27)25-21)23(28)31-12-10-26(2)3/h5-9,13-14H,1,10-12H2,2-4H3,(H,24,25,27). The Balaban J connectivity index is 1.95. The number of methoxy groups -OCH3 is 1. The van der Waals surface area contributed by atoms with E-state index in [0.717, 1.165) is 0 Å². The summed E-state index contributed by atoms with van der Waals surface area (Å²) in [4.78, 5) is 34.3. The van der Waals surface area contributed by atoms with Gasteiger partial charge in [-0.05, 0) is 50.5 Å². The first-order valence-corrected chi connectivity index (χ1v) is 9.71. The molecular formula is C23H25N3O5. The maximum absolute atomic E-state index is 12.8. The van der Waals surface area contributed by atoms with Gasteiger partial charge in [0.2, 0.25) is 0 Å². The van der Waals surface area contributed by atoms with Crippen LogP contribution in [0.15, 0.2) is 53.8 Å². The van der Waals surface area contributed by atoms with Gasteiger partial charge in [0.05, 0.1) is 29.1 Å². The summed E-state index contributed by atoms with van der Waals surface area (Å²) < 4.78 is 16.2. The molecule has 0 aliphatic rings. The van der Waals surface area contributed by atoms with Crippen LogP contribution < -0.4 is 15.0 Å². The minimum Gasteiger partial charge on any atom is -0.496 e. The van der Waals surface area contributed by atoms with Crippen LogP contribution in [0.5, 0.6) is 11.5 Å². The molecule has 2 aromatic carbocycles. The molecule has 0 atom stereocenters. The summed E-state index contributed by atoms with van der Waals surface area (Å²) >= 11 is 0. The number of benzene rings is 2. The number of hydrogen-bond donors (Lipinski definition) is 1. The molecule has 0 unspecified atom stereocenters. The summed E-state index contributed by atoms with van der Waals surface area (Å²) in [6.07, 6.45) is 1.64. The van der Waals surface area contributed by atoms with Gasteiger partial charge in [0.15, 0.2) is 0 Å². The number of likely N-dealkylation sites (N-methyl/N-ethyl adjacent to an activating group) is 1. The number of hydrogen-bond acceptors (Lipinski definition) is 7. The minimum atomic E-state index is -0.485. The van der Waals surface area contributed by atoms with Gasteiger partial charge in [-0.15, -0.1) is 0 Å². The van der Waals surface area contributed by atoms with Crippen molar-refractivity contribution < 1.29 is 19.0 Å². The number of nitrogens with zero attached hydrogens (tertiary/aromatic N) is 2. The number of carbonyl (C=O) groups is 1. The molecule has 1 aromatic heterocycles. The average Bonchev–Trinajstić information content (AvgIpc) is 2.76. The lowest BCUT2D eigenvalue weighted by Gasteiger charge is -2.12. The van der Waals surface area contributed by atoms with E-state index in [9.17, 15) is 9.59 Å². The van der Waals surface area contributed by atoms with E-state index < -0.39 is 5.97 Å². The molecule has 0 spiro atoms. The topological polar surface area (TPSA) is 93.8 Å². The van der Waals surface area contributed by atoms with E-state index in [-0.39, 0.29) is 12.2 Å². The first-order chi connectivity index (χ1) is 14.9. The van der Waals surface area contributed by atoms with Gasteiger partial charge in [0.25, 0.3) is 5.56 Å². The molecule has 1 heterocycles. The molecule has 0 aliphatic heterocycles. The molecular weight excluding hydrogens is 398 g/mol. The second kappa shape index (κ2) is 9.90. The third-order valence-corrected chi connectivity index (χ3v) is 4.51. The van der Waals surface area contributed by atoms with Crippen molar-refractivity contribution in [2.45, 2.75) is 0 Å². The van der Waals surface area contributed by atoms with Crippen LogP contribution in [-0.2, 0) is 4.74 Å². The molecule has 0 saturated carbocycles. The van der Waals surface area contributed by atoms with E-state index in [1.165, 1.54) is 13.2 Å². The van der Waals surface area contributed by atoms with Gasteiger partial charge in [-0.2, -0.15) is 0 Å². The zero-order valence-corrected chi connectivity index (χ0v) is 17.8. The lowest BCUT2D eigenvalue weighted by molar-refractivity contribution is 0.0482. The van der Waals surface area contributed by atoms with Gasteiger partial charge >= 0.3 is 5.97 Å². The van der Waals surface area contributed by atoms with E-state index in [4.69, 9.17) is 14.2 Å². The highest BCUT2D eigenvalue weighted by molar-refractivity contribution is 5.94. The third kappa shape index (κ3) is 5.29. The number of carbonyl (C=O) groups excluding carboxylic acids is 1. The van der Waals surface area contributed by atoms with Gasteiger partial charge in [-0.1, -0.05) is 12.7 Å². The summed E-state index contributed by atoms with van der Waals surface area (Å²) in [5, 5.41) is 0.295. The predicted molar refractivity (Wildman–Crippen MR) is 119 cm³/mol. The Morgan fingerprint density at radius 2 is 2.03 bits per heavy atom. The number of rotatable bonds is 9. The molecule has 0 radical (unpaired) electrons. The molecule has 3 aromatic rings. The Morgan fingerprint density at radius 3 is 2.74 bits per heavy atom. The van der Waals surface area contributed by atoms with Crippen molar-refractivity contribution in [3.63, 3.8) is 0 Å². The van der Waals surface area contributed by atoms with Crippen LogP contribution in [0.25, 0.3) is 22.3 Å². The Kier molecular flexibility index (Phi) is 7.04. The van der Waals surface area contributed by atoms with Crippen molar-refractivity contribution in [1.29, 1.82) is 0 Å². The maximum atomic E-state index is 12.8. The SMILES string of the molecule is C=CCOc1ccc(OC)c(-c2nc3ccc(C(=O)OCCN(C)C)cc3c(=O)[nH]2)c1. The highest BCUT2D eigenvalue weighted by Gasteiger charge is 2.15. The first-order valence-electron chi connectivity index (χ1n) is 9.71. The summed E-state index contributed by atoms with van der Waals surface area (Å²) in [5.41, 5.74) is 0.949. The van der Waals surface area contributed by atoms with Crippen LogP contribution in [0.4, 0.5) is 0 Å². The molecule has 8 nitrogen and oxygen atoms in total. The number of nitrogens with one attached hydrogen (secondary N) is 1. The zero-order chi connectivity index (χ0) is 22.4. The van der Waals surface area contributed by atoms with Gasteiger partial charge in [0, 0.05) is 6.54 Å². The third-order valence-electron chi connectivity index (χ3n) is 4.51. The Hall–Kier alpha value is -3.65. The fourth-order valence-corrected chi connectivity index (χ4v) is 2.91. The smallest absolute Gasteiger partial charge is 0.338 e. The van der Waals surface area contributed by atoms with Crippen molar-refractivity contribution in [3.8, 4) is 22.9 Å². The molecule has 31 heavy (non-hydrogen) atoms. The van der Waals surface area contributed by atoms with Gasteiger partial charge < -0.3 is 24.1 Å². The molecule has 0 fully saturated rings. The molecule has 162 valence electrons. The van der Waals surface area contributed by atoms with Gasteiger partial charge in [-0.3, -0.25) is 4.79 Å². The number of ether oxygens (including phenoxy) is 3. The van der Waals surface area contributed by atoms with Crippen molar-refractivity contribution in [3.05, 3.63) is 65.0 Å². The van der Waals surface area contributed by atoms with E-state index >= 15 is 0 Å². The second-order valence-corrected chi connectivity index (χ2v) is 7.05.